The van der Waals surface area contributed by atoms with E-state index in [9.17, 15) is 0 Å². The summed E-state index contributed by atoms with van der Waals surface area (Å²) in [6.07, 6.45) is 1.75. The second kappa shape index (κ2) is 4.82. The van der Waals surface area contributed by atoms with E-state index < -0.39 is 0 Å². The number of hydrogen-bond donors (Lipinski definition) is 2. The second-order valence-corrected chi connectivity index (χ2v) is 4.43. The summed E-state index contributed by atoms with van der Waals surface area (Å²) >= 11 is 0. The van der Waals surface area contributed by atoms with Gasteiger partial charge < -0.3 is 14.8 Å². The molecule has 0 aliphatic rings. The molecule has 0 fully saturated rings. The number of nitrogens with zero attached hydrogens (tertiary/aromatic N) is 1. The zero-order valence-electron chi connectivity index (χ0n) is 11.2. The van der Waals surface area contributed by atoms with E-state index >= 15 is 0 Å². The van der Waals surface area contributed by atoms with Crippen LogP contribution in [-0.4, -0.2) is 22.2 Å². The molecule has 1 aromatic carbocycles. The zero-order valence-corrected chi connectivity index (χ0v) is 11.2. The smallest absolute Gasteiger partial charge is 0.132 e. The summed E-state index contributed by atoms with van der Waals surface area (Å²) in [4.78, 5) is 7.23. The molecule has 0 saturated carbocycles. The van der Waals surface area contributed by atoms with Gasteiger partial charge in [0, 0.05) is 5.56 Å². The lowest BCUT2D eigenvalue weighted by Crippen LogP contribution is -1.96. The van der Waals surface area contributed by atoms with E-state index in [-0.39, 0.29) is 6.61 Å². The molecule has 0 aliphatic carbocycles. The molecule has 2 rings (SSSR count). The number of aliphatic hydroxyl groups is 1. The van der Waals surface area contributed by atoms with Gasteiger partial charge in [0.25, 0.3) is 0 Å². The summed E-state index contributed by atoms with van der Waals surface area (Å²) in [6, 6.07) is 2.08. The Morgan fingerprint density at radius 1 is 1.28 bits per heavy atom. The maximum Gasteiger partial charge on any atom is 0.132 e. The standard InChI is InChI=1S/C14H18N2O2/c1-8-5-11(9(2)10(3)14(8)18-4)12-6-15-13(7-17)16-12/h5-6,17H,7H2,1-4H3,(H,15,16). The normalized spacial score (nSPS) is 10.7. The molecule has 1 heterocycles. The zero-order chi connectivity index (χ0) is 13.3. The van der Waals surface area contributed by atoms with Crippen molar-refractivity contribution in [3.8, 4) is 17.0 Å². The van der Waals surface area contributed by atoms with E-state index in [2.05, 4.69) is 23.0 Å². The van der Waals surface area contributed by atoms with Crippen LogP contribution in [0.15, 0.2) is 12.3 Å². The van der Waals surface area contributed by atoms with Crippen molar-refractivity contribution < 1.29 is 9.84 Å². The first-order chi connectivity index (χ1) is 8.58. The van der Waals surface area contributed by atoms with Crippen LogP contribution in [0, 0.1) is 20.8 Å². The highest BCUT2D eigenvalue weighted by Crippen LogP contribution is 2.33. The molecule has 0 aliphatic heterocycles. The molecule has 0 radical (unpaired) electrons. The van der Waals surface area contributed by atoms with Crippen molar-refractivity contribution in [3.63, 3.8) is 0 Å². The molecular weight excluding hydrogens is 228 g/mol. The molecule has 96 valence electrons. The van der Waals surface area contributed by atoms with Crippen molar-refractivity contribution in [3.05, 3.63) is 34.8 Å². The number of aromatic amines is 1. The summed E-state index contributed by atoms with van der Waals surface area (Å²) in [5, 5.41) is 9.04. The molecule has 1 aromatic heterocycles. The van der Waals surface area contributed by atoms with E-state index in [1.807, 2.05) is 13.8 Å². The Morgan fingerprint density at radius 3 is 2.56 bits per heavy atom. The van der Waals surface area contributed by atoms with Gasteiger partial charge in [0.05, 0.1) is 19.0 Å². The van der Waals surface area contributed by atoms with Gasteiger partial charge in [-0.05, 0) is 43.5 Å². The van der Waals surface area contributed by atoms with Crippen LogP contribution < -0.4 is 4.74 Å². The molecule has 4 nitrogen and oxygen atoms in total. The van der Waals surface area contributed by atoms with Gasteiger partial charge in [0.1, 0.15) is 18.2 Å². The minimum Gasteiger partial charge on any atom is -0.496 e. The maximum absolute atomic E-state index is 9.04. The number of aromatic nitrogens is 2. The minimum atomic E-state index is -0.0762. The Morgan fingerprint density at radius 2 is 2.00 bits per heavy atom. The van der Waals surface area contributed by atoms with Crippen molar-refractivity contribution in [2.45, 2.75) is 27.4 Å². The third-order valence-corrected chi connectivity index (χ3v) is 3.30. The van der Waals surface area contributed by atoms with Gasteiger partial charge in [-0.1, -0.05) is 0 Å². The predicted molar refractivity (Wildman–Crippen MR) is 70.7 cm³/mol. The SMILES string of the molecule is COc1c(C)cc(-c2cnc(CO)[nH]2)c(C)c1C. The van der Waals surface area contributed by atoms with Gasteiger partial charge in [-0.2, -0.15) is 0 Å². The largest absolute Gasteiger partial charge is 0.496 e. The lowest BCUT2D eigenvalue weighted by molar-refractivity contribution is 0.272. The topological polar surface area (TPSA) is 58.1 Å². The Hall–Kier alpha value is -1.81. The number of rotatable bonds is 3. The Labute approximate surface area is 107 Å². The van der Waals surface area contributed by atoms with Gasteiger partial charge >= 0.3 is 0 Å². The molecule has 0 amide bonds. The van der Waals surface area contributed by atoms with Crippen LogP contribution in [0.25, 0.3) is 11.3 Å². The van der Waals surface area contributed by atoms with Crippen LogP contribution in [0.5, 0.6) is 5.75 Å². The molecule has 18 heavy (non-hydrogen) atoms. The van der Waals surface area contributed by atoms with Crippen molar-refractivity contribution in [2.24, 2.45) is 0 Å². The van der Waals surface area contributed by atoms with Crippen LogP contribution >= 0.6 is 0 Å². The quantitative estimate of drug-likeness (QED) is 0.874. The molecule has 0 spiro atoms. The van der Waals surface area contributed by atoms with E-state index in [4.69, 9.17) is 9.84 Å². The number of aliphatic hydroxyl groups excluding tert-OH is 1. The number of hydrogen-bond acceptors (Lipinski definition) is 3. The van der Waals surface area contributed by atoms with E-state index in [0.29, 0.717) is 5.82 Å². The Bertz CT molecular complexity index is 573. The number of nitrogens with one attached hydrogen (secondary N) is 1. The van der Waals surface area contributed by atoms with E-state index in [0.717, 1.165) is 33.7 Å². The molecule has 4 heteroatoms. The molecule has 2 aromatic rings. The van der Waals surface area contributed by atoms with Crippen LogP contribution in [0.1, 0.15) is 22.5 Å². The molecule has 0 unspecified atom stereocenters. The molecule has 0 bridgehead atoms. The van der Waals surface area contributed by atoms with Crippen LogP contribution in [0.4, 0.5) is 0 Å². The van der Waals surface area contributed by atoms with E-state index in [1.54, 1.807) is 13.3 Å². The average molecular weight is 246 g/mol. The lowest BCUT2D eigenvalue weighted by atomic mass is 9.97. The molecule has 0 atom stereocenters. The fraction of sp³-hybridized carbons (Fsp3) is 0.357. The maximum atomic E-state index is 9.04. The summed E-state index contributed by atoms with van der Waals surface area (Å²) in [5.41, 5.74) is 5.40. The average Bonchev–Trinajstić information content (AvgIpc) is 2.83. The number of benzene rings is 1. The molecule has 2 N–H and O–H groups in total. The predicted octanol–water partition coefficient (Wildman–Crippen LogP) is 2.50. The summed E-state index contributed by atoms with van der Waals surface area (Å²) < 4.78 is 5.41. The van der Waals surface area contributed by atoms with Gasteiger partial charge in [0.2, 0.25) is 0 Å². The van der Waals surface area contributed by atoms with Crippen LogP contribution in [0.2, 0.25) is 0 Å². The summed E-state index contributed by atoms with van der Waals surface area (Å²) in [6.45, 7) is 6.06. The highest BCUT2D eigenvalue weighted by atomic mass is 16.5. The van der Waals surface area contributed by atoms with Gasteiger partial charge in [0.15, 0.2) is 0 Å². The van der Waals surface area contributed by atoms with Gasteiger partial charge in [-0.15, -0.1) is 0 Å². The van der Waals surface area contributed by atoms with Crippen molar-refractivity contribution in [1.29, 1.82) is 0 Å². The second-order valence-electron chi connectivity index (χ2n) is 4.43. The number of imidazole rings is 1. The highest BCUT2D eigenvalue weighted by molar-refractivity contribution is 5.68. The minimum absolute atomic E-state index is 0.0762. The first kappa shape index (κ1) is 12.6. The van der Waals surface area contributed by atoms with Crippen molar-refractivity contribution in [2.75, 3.05) is 7.11 Å². The number of ether oxygens (including phenoxy) is 1. The highest BCUT2D eigenvalue weighted by Gasteiger charge is 2.13. The van der Waals surface area contributed by atoms with Crippen LogP contribution in [-0.2, 0) is 6.61 Å². The number of methoxy groups -OCH3 is 1. The Kier molecular flexibility index (Phi) is 3.39. The summed E-state index contributed by atoms with van der Waals surface area (Å²) in [7, 11) is 1.69. The first-order valence-electron chi connectivity index (χ1n) is 5.88. The van der Waals surface area contributed by atoms with Crippen molar-refractivity contribution >= 4 is 0 Å². The fourth-order valence-corrected chi connectivity index (χ4v) is 2.23. The fourth-order valence-electron chi connectivity index (χ4n) is 2.23. The number of aryl methyl sites for hydroxylation is 1. The Balaban J connectivity index is 2.58. The third-order valence-electron chi connectivity index (χ3n) is 3.30. The molecule has 0 saturated heterocycles. The summed E-state index contributed by atoms with van der Waals surface area (Å²) in [5.74, 6) is 1.51. The first-order valence-corrected chi connectivity index (χ1v) is 5.88. The van der Waals surface area contributed by atoms with Crippen LogP contribution in [0.3, 0.4) is 0 Å². The third kappa shape index (κ3) is 1.99. The lowest BCUT2D eigenvalue weighted by Gasteiger charge is -2.14. The van der Waals surface area contributed by atoms with Gasteiger partial charge in [-0.3, -0.25) is 0 Å². The number of H-pyrrole nitrogens is 1. The molecular formula is C14H18N2O2. The van der Waals surface area contributed by atoms with E-state index in [1.165, 1.54) is 0 Å². The van der Waals surface area contributed by atoms with Gasteiger partial charge in [-0.25, -0.2) is 4.98 Å². The van der Waals surface area contributed by atoms with Crippen molar-refractivity contribution in [1.82, 2.24) is 9.97 Å². The monoisotopic (exact) mass is 246 g/mol.